The second kappa shape index (κ2) is 5.88. The number of benzene rings is 2. The SMILES string of the molecule is CS(=O)(=O)N(Cc1ccccc1)C(=O)c1ccccc1. The topological polar surface area (TPSA) is 54.5 Å². The molecule has 0 aliphatic rings. The fourth-order valence-corrected chi connectivity index (χ4v) is 2.60. The van der Waals surface area contributed by atoms with Crippen LogP contribution in [0.3, 0.4) is 0 Å². The molecule has 0 bridgehead atoms. The fourth-order valence-electron chi connectivity index (χ4n) is 1.81. The molecule has 104 valence electrons. The third-order valence-electron chi connectivity index (χ3n) is 2.82. The van der Waals surface area contributed by atoms with Crippen LogP contribution >= 0.6 is 0 Å². The number of amides is 1. The van der Waals surface area contributed by atoms with Gasteiger partial charge >= 0.3 is 0 Å². The van der Waals surface area contributed by atoms with Gasteiger partial charge < -0.3 is 0 Å². The molecular formula is C15H15NO3S. The van der Waals surface area contributed by atoms with Crippen molar-refractivity contribution in [2.45, 2.75) is 6.54 Å². The van der Waals surface area contributed by atoms with E-state index in [4.69, 9.17) is 0 Å². The van der Waals surface area contributed by atoms with Crippen LogP contribution in [0, 0.1) is 0 Å². The van der Waals surface area contributed by atoms with Crippen LogP contribution in [0.2, 0.25) is 0 Å². The Morgan fingerprint density at radius 2 is 1.45 bits per heavy atom. The summed E-state index contributed by atoms with van der Waals surface area (Å²) in [4.78, 5) is 12.3. The lowest BCUT2D eigenvalue weighted by Crippen LogP contribution is -2.35. The zero-order valence-corrected chi connectivity index (χ0v) is 11.9. The molecule has 1 amide bonds. The van der Waals surface area contributed by atoms with Gasteiger partial charge in [0.05, 0.1) is 12.8 Å². The summed E-state index contributed by atoms with van der Waals surface area (Å²) in [5.74, 6) is -0.517. The molecule has 0 N–H and O–H groups in total. The molecule has 4 nitrogen and oxygen atoms in total. The minimum atomic E-state index is -3.63. The van der Waals surface area contributed by atoms with Crippen LogP contribution in [0.15, 0.2) is 60.7 Å². The van der Waals surface area contributed by atoms with Crippen molar-refractivity contribution < 1.29 is 13.2 Å². The molecule has 0 aliphatic carbocycles. The number of hydrogen-bond acceptors (Lipinski definition) is 3. The van der Waals surface area contributed by atoms with Crippen molar-refractivity contribution in [3.63, 3.8) is 0 Å². The molecule has 20 heavy (non-hydrogen) atoms. The molecule has 0 saturated heterocycles. The Morgan fingerprint density at radius 1 is 0.950 bits per heavy atom. The first-order valence-electron chi connectivity index (χ1n) is 6.09. The average Bonchev–Trinajstić information content (AvgIpc) is 2.45. The van der Waals surface area contributed by atoms with Crippen molar-refractivity contribution in [3.8, 4) is 0 Å². The predicted octanol–water partition coefficient (Wildman–Crippen LogP) is 2.29. The van der Waals surface area contributed by atoms with Crippen molar-refractivity contribution >= 4 is 15.9 Å². The Balaban J connectivity index is 2.32. The van der Waals surface area contributed by atoms with Crippen LogP contribution in [0.1, 0.15) is 15.9 Å². The maximum Gasteiger partial charge on any atom is 0.267 e. The number of rotatable bonds is 4. The van der Waals surface area contributed by atoms with Gasteiger partial charge in [-0.3, -0.25) is 4.79 Å². The largest absolute Gasteiger partial charge is 0.268 e. The van der Waals surface area contributed by atoms with Crippen LogP contribution in [0.5, 0.6) is 0 Å². The van der Waals surface area contributed by atoms with Crippen LogP contribution in [0.4, 0.5) is 0 Å². The number of sulfonamides is 1. The summed E-state index contributed by atoms with van der Waals surface area (Å²) in [6, 6.07) is 17.4. The predicted molar refractivity (Wildman–Crippen MR) is 77.6 cm³/mol. The number of nitrogens with zero attached hydrogens (tertiary/aromatic N) is 1. The van der Waals surface area contributed by atoms with Gasteiger partial charge in [0.1, 0.15) is 0 Å². The van der Waals surface area contributed by atoms with E-state index in [1.54, 1.807) is 42.5 Å². The molecule has 0 heterocycles. The van der Waals surface area contributed by atoms with E-state index in [2.05, 4.69) is 0 Å². The molecule has 0 aromatic heterocycles. The summed E-state index contributed by atoms with van der Waals surface area (Å²) in [6.07, 6.45) is 1.04. The third-order valence-corrected chi connectivity index (χ3v) is 3.91. The summed E-state index contributed by atoms with van der Waals surface area (Å²) in [6.45, 7) is 0.0351. The average molecular weight is 289 g/mol. The van der Waals surface area contributed by atoms with E-state index in [1.807, 2.05) is 18.2 Å². The molecule has 0 radical (unpaired) electrons. The Kier molecular flexibility index (Phi) is 4.20. The Bertz CT molecular complexity index is 682. The molecule has 5 heteroatoms. The highest BCUT2D eigenvalue weighted by Gasteiger charge is 2.24. The van der Waals surface area contributed by atoms with Crippen molar-refractivity contribution in [1.82, 2.24) is 4.31 Å². The van der Waals surface area contributed by atoms with Gasteiger partial charge in [-0.05, 0) is 17.7 Å². The number of carbonyl (C=O) groups is 1. The first-order valence-corrected chi connectivity index (χ1v) is 7.94. The number of hydrogen-bond donors (Lipinski definition) is 0. The van der Waals surface area contributed by atoms with Gasteiger partial charge in [-0.1, -0.05) is 48.5 Å². The lowest BCUT2D eigenvalue weighted by molar-refractivity contribution is 0.0856. The van der Waals surface area contributed by atoms with Crippen LogP contribution < -0.4 is 0 Å². The summed E-state index contributed by atoms with van der Waals surface area (Å²) >= 11 is 0. The minimum absolute atomic E-state index is 0.0351. The molecular weight excluding hydrogens is 274 g/mol. The smallest absolute Gasteiger partial charge is 0.267 e. The highest BCUT2D eigenvalue weighted by atomic mass is 32.2. The quantitative estimate of drug-likeness (QED) is 0.867. The molecule has 0 spiro atoms. The van der Waals surface area contributed by atoms with E-state index in [0.717, 1.165) is 16.1 Å². The van der Waals surface area contributed by atoms with Crippen molar-refractivity contribution in [2.24, 2.45) is 0 Å². The highest BCUT2D eigenvalue weighted by molar-refractivity contribution is 7.88. The van der Waals surface area contributed by atoms with Crippen LogP contribution in [-0.2, 0) is 16.6 Å². The normalized spacial score (nSPS) is 11.1. The highest BCUT2D eigenvalue weighted by Crippen LogP contribution is 2.13. The maximum atomic E-state index is 12.3. The van der Waals surface area contributed by atoms with E-state index in [-0.39, 0.29) is 6.54 Å². The maximum absolute atomic E-state index is 12.3. The first kappa shape index (κ1) is 14.3. The van der Waals surface area contributed by atoms with Gasteiger partial charge in [-0.15, -0.1) is 0 Å². The molecule has 0 atom stereocenters. The zero-order chi connectivity index (χ0) is 14.6. The number of carbonyl (C=O) groups excluding carboxylic acids is 1. The second-order valence-corrected chi connectivity index (χ2v) is 6.33. The molecule has 2 aromatic rings. The Labute approximate surface area is 118 Å². The van der Waals surface area contributed by atoms with Crippen LogP contribution in [-0.4, -0.2) is 24.9 Å². The minimum Gasteiger partial charge on any atom is -0.268 e. The standard InChI is InChI=1S/C15H15NO3S/c1-20(18,19)16(12-13-8-4-2-5-9-13)15(17)14-10-6-3-7-11-14/h2-11H,12H2,1H3. The van der Waals surface area contributed by atoms with Crippen LogP contribution in [0.25, 0.3) is 0 Å². The monoisotopic (exact) mass is 289 g/mol. The third kappa shape index (κ3) is 3.45. The van der Waals surface area contributed by atoms with E-state index in [9.17, 15) is 13.2 Å². The van der Waals surface area contributed by atoms with E-state index in [1.165, 1.54) is 0 Å². The lowest BCUT2D eigenvalue weighted by Gasteiger charge is -2.20. The molecule has 2 aromatic carbocycles. The zero-order valence-electron chi connectivity index (χ0n) is 11.1. The molecule has 0 fully saturated rings. The van der Waals surface area contributed by atoms with Gasteiger partial charge in [0, 0.05) is 5.56 Å². The van der Waals surface area contributed by atoms with Crippen molar-refractivity contribution in [2.75, 3.05) is 6.26 Å². The summed E-state index contributed by atoms with van der Waals surface area (Å²) in [5, 5.41) is 0. The van der Waals surface area contributed by atoms with Gasteiger partial charge in [0.2, 0.25) is 10.0 Å². The Morgan fingerprint density at radius 3 is 1.95 bits per heavy atom. The fraction of sp³-hybridized carbons (Fsp3) is 0.133. The van der Waals surface area contributed by atoms with Crippen molar-refractivity contribution in [3.05, 3.63) is 71.8 Å². The van der Waals surface area contributed by atoms with Gasteiger partial charge in [0.15, 0.2) is 0 Å². The van der Waals surface area contributed by atoms with Crippen molar-refractivity contribution in [1.29, 1.82) is 0 Å². The van der Waals surface area contributed by atoms with Gasteiger partial charge in [-0.25, -0.2) is 12.7 Å². The van der Waals surface area contributed by atoms with Gasteiger partial charge in [0.25, 0.3) is 5.91 Å². The Hall–Kier alpha value is -2.14. The van der Waals surface area contributed by atoms with Gasteiger partial charge in [-0.2, -0.15) is 0 Å². The summed E-state index contributed by atoms with van der Waals surface area (Å²) < 4.78 is 24.6. The van der Waals surface area contributed by atoms with E-state index in [0.29, 0.717) is 5.56 Å². The first-order chi connectivity index (χ1) is 9.48. The van der Waals surface area contributed by atoms with E-state index < -0.39 is 15.9 Å². The second-order valence-electron chi connectivity index (χ2n) is 4.43. The summed E-state index contributed by atoms with van der Waals surface area (Å²) in [7, 11) is -3.63. The molecule has 0 unspecified atom stereocenters. The molecule has 0 aliphatic heterocycles. The molecule has 2 rings (SSSR count). The molecule has 0 saturated carbocycles. The lowest BCUT2D eigenvalue weighted by atomic mass is 10.2. The summed E-state index contributed by atoms with van der Waals surface area (Å²) in [5.41, 5.74) is 1.12. The van der Waals surface area contributed by atoms with E-state index >= 15 is 0 Å².